The molecule has 0 saturated heterocycles. The zero-order valence-corrected chi connectivity index (χ0v) is 12.6. The van der Waals surface area contributed by atoms with E-state index in [2.05, 4.69) is 0 Å². The molecule has 5 nitrogen and oxygen atoms in total. The summed E-state index contributed by atoms with van der Waals surface area (Å²) in [6.07, 6.45) is 0.221. The number of amides is 2. The van der Waals surface area contributed by atoms with Gasteiger partial charge in [-0.25, -0.2) is 4.79 Å². The Kier molecular flexibility index (Phi) is 3.93. The Morgan fingerprint density at radius 1 is 0.957 bits per heavy atom. The Morgan fingerprint density at radius 3 is 2.00 bits per heavy atom. The Hall–Kier alpha value is -2.95. The lowest BCUT2D eigenvalue weighted by molar-refractivity contribution is -0.145. The van der Waals surface area contributed by atoms with Gasteiger partial charge in [0.2, 0.25) is 0 Å². The molecule has 0 aliphatic carbocycles. The average molecular weight is 309 g/mol. The SMILES string of the molecule is COC(=O)[C@H](Cc1ccccc1)N1C(=O)c2ccccc2C1=O. The van der Waals surface area contributed by atoms with Crippen molar-refractivity contribution < 1.29 is 19.1 Å². The van der Waals surface area contributed by atoms with Crippen LogP contribution < -0.4 is 0 Å². The van der Waals surface area contributed by atoms with Crippen molar-refractivity contribution in [1.29, 1.82) is 0 Å². The fourth-order valence-electron chi connectivity index (χ4n) is 2.74. The Balaban J connectivity index is 1.97. The Morgan fingerprint density at radius 2 is 1.48 bits per heavy atom. The van der Waals surface area contributed by atoms with E-state index in [9.17, 15) is 14.4 Å². The number of ether oxygens (including phenoxy) is 1. The number of hydrogen-bond donors (Lipinski definition) is 0. The van der Waals surface area contributed by atoms with Gasteiger partial charge in [0, 0.05) is 6.42 Å². The quantitative estimate of drug-likeness (QED) is 0.640. The van der Waals surface area contributed by atoms with Gasteiger partial charge in [0.25, 0.3) is 11.8 Å². The number of rotatable bonds is 4. The average Bonchev–Trinajstić information content (AvgIpc) is 2.85. The van der Waals surface area contributed by atoms with E-state index in [0.29, 0.717) is 11.1 Å². The highest BCUT2D eigenvalue weighted by molar-refractivity contribution is 6.22. The van der Waals surface area contributed by atoms with E-state index >= 15 is 0 Å². The third kappa shape index (κ3) is 2.61. The lowest BCUT2D eigenvalue weighted by Gasteiger charge is -2.24. The van der Waals surface area contributed by atoms with Crippen LogP contribution in [0.25, 0.3) is 0 Å². The minimum absolute atomic E-state index is 0.221. The molecule has 2 amide bonds. The van der Waals surface area contributed by atoms with E-state index in [-0.39, 0.29) is 6.42 Å². The summed E-state index contributed by atoms with van der Waals surface area (Å²) in [5.41, 5.74) is 1.48. The van der Waals surface area contributed by atoms with Gasteiger partial charge < -0.3 is 4.74 Å². The lowest BCUT2D eigenvalue weighted by Crippen LogP contribution is -2.46. The first-order valence-corrected chi connectivity index (χ1v) is 7.22. The van der Waals surface area contributed by atoms with Gasteiger partial charge in [-0.1, -0.05) is 42.5 Å². The molecule has 0 bridgehead atoms. The number of imide groups is 1. The number of hydrogen-bond acceptors (Lipinski definition) is 4. The van der Waals surface area contributed by atoms with Gasteiger partial charge in [0.1, 0.15) is 6.04 Å². The molecule has 1 atom stereocenters. The van der Waals surface area contributed by atoms with Gasteiger partial charge in [0.05, 0.1) is 18.2 Å². The molecule has 1 aliphatic rings. The zero-order chi connectivity index (χ0) is 16.4. The second kappa shape index (κ2) is 6.04. The van der Waals surface area contributed by atoms with Crippen LogP contribution in [0.3, 0.4) is 0 Å². The van der Waals surface area contributed by atoms with Crippen molar-refractivity contribution in [2.45, 2.75) is 12.5 Å². The molecule has 0 saturated carbocycles. The fourth-order valence-corrected chi connectivity index (χ4v) is 2.74. The van der Waals surface area contributed by atoms with Gasteiger partial charge in [0.15, 0.2) is 0 Å². The molecule has 116 valence electrons. The number of fused-ring (bicyclic) bond motifs is 1. The molecular weight excluding hydrogens is 294 g/mol. The summed E-state index contributed by atoms with van der Waals surface area (Å²) >= 11 is 0. The smallest absolute Gasteiger partial charge is 0.329 e. The molecule has 3 rings (SSSR count). The molecule has 1 aliphatic heterocycles. The molecule has 0 aromatic heterocycles. The Bertz CT molecular complexity index is 735. The van der Waals surface area contributed by atoms with Crippen LogP contribution in [0.1, 0.15) is 26.3 Å². The van der Waals surface area contributed by atoms with Crippen LogP contribution in [-0.4, -0.2) is 35.8 Å². The summed E-state index contributed by atoms with van der Waals surface area (Å²) in [7, 11) is 1.25. The topological polar surface area (TPSA) is 63.7 Å². The molecule has 5 heteroatoms. The van der Waals surface area contributed by atoms with Crippen molar-refractivity contribution >= 4 is 17.8 Å². The van der Waals surface area contributed by atoms with Crippen LogP contribution in [0.2, 0.25) is 0 Å². The molecule has 0 fully saturated rings. The summed E-state index contributed by atoms with van der Waals surface area (Å²) in [5.74, 6) is -1.53. The van der Waals surface area contributed by atoms with Crippen LogP contribution in [0.15, 0.2) is 54.6 Å². The third-order valence-corrected chi connectivity index (χ3v) is 3.88. The molecule has 0 radical (unpaired) electrons. The molecule has 2 aromatic rings. The summed E-state index contributed by atoms with van der Waals surface area (Å²) in [6.45, 7) is 0. The predicted octanol–water partition coefficient (Wildman–Crippen LogP) is 2.07. The van der Waals surface area contributed by atoms with E-state index in [1.54, 1.807) is 24.3 Å². The number of nitrogens with zero attached hydrogens (tertiary/aromatic N) is 1. The molecule has 0 unspecified atom stereocenters. The minimum atomic E-state index is -0.977. The minimum Gasteiger partial charge on any atom is -0.467 e. The van der Waals surface area contributed by atoms with Crippen LogP contribution in [0.4, 0.5) is 0 Å². The van der Waals surface area contributed by atoms with Crippen molar-refractivity contribution in [2.24, 2.45) is 0 Å². The highest BCUT2D eigenvalue weighted by Gasteiger charge is 2.43. The first-order valence-electron chi connectivity index (χ1n) is 7.22. The monoisotopic (exact) mass is 309 g/mol. The maximum Gasteiger partial charge on any atom is 0.329 e. The summed E-state index contributed by atoms with van der Waals surface area (Å²) in [4.78, 5) is 38.3. The van der Waals surface area contributed by atoms with Crippen LogP contribution in [0.5, 0.6) is 0 Å². The molecule has 2 aromatic carbocycles. The first-order chi connectivity index (χ1) is 11.1. The standard InChI is InChI=1S/C18H15NO4/c1-23-18(22)15(11-12-7-3-2-4-8-12)19-16(20)13-9-5-6-10-14(13)17(19)21/h2-10,15H,11H2,1H3/t15-/m0/s1. The van der Waals surface area contributed by atoms with Crippen molar-refractivity contribution in [2.75, 3.05) is 7.11 Å². The van der Waals surface area contributed by atoms with Gasteiger partial charge in [-0.3, -0.25) is 14.5 Å². The van der Waals surface area contributed by atoms with Gasteiger partial charge >= 0.3 is 5.97 Å². The van der Waals surface area contributed by atoms with E-state index in [1.165, 1.54) is 7.11 Å². The first kappa shape index (κ1) is 15.0. The summed E-state index contributed by atoms with van der Waals surface area (Å²) < 4.78 is 4.81. The molecule has 1 heterocycles. The van der Waals surface area contributed by atoms with Crippen LogP contribution in [-0.2, 0) is 16.0 Å². The predicted molar refractivity (Wildman–Crippen MR) is 82.9 cm³/mol. The maximum atomic E-state index is 12.6. The second-order valence-corrected chi connectivity index (χ2v) is 5.25. The van der Waals surface area contributed by atoms with Crippen molar-refractivity contribution in [3.63, 3.8) is 0 Å². The number of esters is 1. The maximum absolute atomic E-state index is 12.6. The van der Waals surface area contributed by atoms with Gasteiger partial charge in [-0.2, -0.15) is 0 Å². The number of carbonyl (C=O) groups excluding carboxylic acids is 3. The number of methoxy groups -OCH3 is 1. The van der Waals surface area contributed by atoms with E-state index in [1.807, 2.05) is 30.3 Å². The van der Waals surface area contributed by atoms with Crippen molar-refractivity contribution in [3.8, 4) is 0 Å². The van der Waals surface area contributed by atoms with Crippen LogP contribution in [0, 0.1) is 0 Å². The number of carbonyl (C=O) groups is 3. The van der Waals surface area contributed by atoms with Crippen molar-refractivity contribution in [1.82, 2.24) is 4.90 Å². The van der Waals surface area contributed by atoms with E-state index in [4.69, 9.17) is 4.74 Å². The highest BCUT2D eigenvalue weighted by Crippen LogP contribution is 2.26. The van der Waals surface area contributed by atoms with E-state index < -0.39 is 23.8 Å². The summed E-state index contributed by atoms with van der Waals surface area (Å²) in [6, 6.07) is 14.8. The van der Waals surface area contributed by atoms with Gasteiger partial charge in [-0.05, 0) is 17.7 Å². The normalized spacial score (nSPS) is 14.6. The zero-order valence-electron chi connectivity index (χ0n) is 12.6. The summed E-state index contributed by atoms with van der Waals surface area (Å²) in [5, 5.41) is 0. The molecular formula is C18H15NO4. The Labute approximate surface area is 133 Å². The van der Waals surface area contributed by atoms with Crippen LogP contribution >= 0.6 is 0 Å². The molecule has 0 spiro atoms. The second-order valence-electron chi connectivity index (χ2n) is 5.25. The largest absolute Gasteiger partial charge is 0.467 e. The molecule has 0 N–H and O–H groups in total. The third-order valence-electron chi connectivity index (χ3n) is 3.88. The van der Waals surface area contributed by atoms with Crippen molar-refractivity contribution in [3.05, 3.63) is 71.3 Å². The lowest BCUT2D eigenvalue weighted by atomic mass is 10.0. The van der Waals surface area contributed by atoms with E-state index in [0.717, 1.165) is 10.5 Å². The molecule has 23 heavy (non-hydrogen) atoms. The van der Waals surface area contributed by atoms with Gasteiger partial charge in [-0.15, -0.1) is 0 Å². The number of benzene rings is 2. The highest BCUT2D eigenvalue weighted by atomic mass is 16.5. The fraction of sp³-hybridized carbons (Fsp3) is 0.167.